The summed E-state index contributed by atoms with van der Waals surface area (Å²) in [6, 6.07) is 11.1. The average molecular weight is 317 g/mol. The predicted molar refractivity (Wildman–Crippen MR) is 84.9 cm³/mol. The fourth-order valence-electron chi connectivity index (χ4n) is 2.10. The van der Waals surface area contributed by atoms with Crippen LogP contribution < -0.4 is 0 Å². The van der Waals surface area contributed by atoms with Crippen molar-refractivity contribution in [2.24, 2.45) is 5.92 Å². The molecular weight excluding hydrogens is 300 g/mol. The van der Waals surface area contributed by atoms with E-state index in [2.05, 4.69) is 11.2 Å². The topological polar surface area (TPSA) is 61.9 Å². The molecule has 2 rings (SSSR count). The third kappa shape index (κ3) is 3.46. The maximum absolute atomic E-state index is 12.5. The highest BCUT2D eigenvalue weighted by atomic mass is 35.5. The van der Waals surface area contributed by atoms with Gasteiger partial charge in [0.1, 0.15) is 0 Å². The quantitative estimate of drug-likeness (QED) is 0.851. The lowest BCUT2D eigenvalue weighted by Crippen LogP contribution is -2.34. The molecular formula is C16H17ClN4O. The monoisotopic (exact) mass is 316 g/mol. The van der Waals surface area contributed by atoms with Crippen molar-refractivity contribution < 1.29 is 4.79 Å². The van der Waals surface area contributed by atoms with Crippen LogP contribution in [0.5, 0.6) is 0 Å². The lowest BCUT2D eigenvalue weighted by Gasteiger charge is -2.20. The van der Waals surface area contributed by atoms with Crippen molar-refractivity contribution in [3.05, 3.63) is 47.2 Å². The van der Waals surface area contributed by atoms with Crippen molar-refractivity contribution >= 4 is 17.5 Å². The van der Waals surface area contributed by atoms with Gasteiger partial charge in [-0.1, -0.05) is 23.7 Å². The van der Waals surface area contributed by atoms with Crippen LogP contribution in [-0.4, -0.2) is 33.7 Å². The van der Waals surface area contributed by atoms with Crippen LogP contribution >= 0.6 is 11.6 Å². The minimum absolute atomic E-state index is 0.185. The van der Waals surface area contributed by atoms with Crippen LogP contribution in [0.15, 0.2) is 36.5 Å². The van der Waals surface area contributed by atoms with Gasteiger partial charge in [-0.15, -0.1) is 0 Å². The van der Waals surface area contributed by atoms with Crippen LogP contribution in [-0.2, 0) is 0 Å². The van der Waals surface area contributed by atoms with E-state index in [9.17, 15) is 4.79 Å². The molecule has 0 aliphatic carbocycles. The Kier molecular flexibility index (Phi) is 5.18. The van der Waals surface area contributed by atoms with Crippen LogP contribution in [0.3, 0.4) is 0 Å². The van der Waals surface area contributed by atoms with E-state index in [0.717, 1.165) is 5.69 Å². The Labute approximate surface area is 134 Å². The van der Waals surface area contributed by atoms with E-state index in [1.165, 1.54) is 0 Å². The first-order valence-electron chi connectivity index (χ1n) is 7.06. The fraction of sp³-hybridized carbons (Fsp3) is 0.312. The van der Waals surface area contributed by atoms with Gasteiger partial charge in [-0.05, 0) is 32.0 Å². The third-order valence-corrected chi connectivity index (χ3v) is 3.61. The molecule has 0 saturated heterocycles. The summed E-state index contributed by atoms with van der Waals surface area (Å²) in [5, 5.41) is 13.8. The normalized spacial score (nSPS) is 11.7. The number of rotatable bonds is 5. The molecule has 0 radical (unpaired) electrons. The summed E-state index contributed by atoms with van der Waals surface area (Å²) in [7, 11) is 0. The molecule has 1 amide bonds. The highest BCUT2D eigenvalue weighted by molar-refractivity contribution is 6.32. The molecule has 0 N–H and O–H groups in total. The van der Waals surface area contributed by atoms with Gasteiger partial charge in [0, 0.05) is 19.3 Å². The van der Waals surface area contributed by atoms with Gasteiger partial charge < -0.3 is 4.90 Å². The van der Waals surface area contributed by atoms with E-state index in [-0.39, 0.29) is 11.8 Å². The largest absolute Gasteiger partial charge is 0.336 e. The number of aromatic nitrogens is 2. The molecule has 1 heterocycles. The Hall–Kier alpha value is -2.32. The molecule has 5 nitrogen and oxygen atoms in total. The minimum Gasteiger partial charge on any atom is -0.336 e. The SMILES string of the molecule is CCN(C[C@H](C)C#N)C(=O)c1ccn(-c2ccccc2Cl)n1. The number of para-hydroxylation sites is 1. The van der Waals surface area contributed by atoms with Crippen molar-refractivity contribution in [1.82, 2.24) is 14.7 Å². The first-order chi connectivity index (χ1) is 10.6. The fourth-order valence-corrected chi connectivity index (χ4v) is 2.32. The zero-order valence-corrected chi connectivity index (χ0v) is 13.3. The second-order valence-corrected chi connectivity index (χ2v) is 5.38. The Morgan fingerprint density at radius 3 is 2.82 bits per heavy atom. The van der Waals surface area contributed by atoms with Crippen molar-refractivity contribution in [1.29, 1.82) is 5.26 Å². The number of benzene rings is 1. The molecule has 0 bridgehead atoms. The summed E-state index contributed by atoms with van der Waals surface area (Å²) in [5.41, 5.74) is 1.06. The molecule has 0 unspecified atom stereocenters. The molecule has 0 aliphatic heterocycles. The zero-order valence-electron chi connectivity index (χ0n) is 12.5. The van der Waals surface area contributed by atoms with Crippen LogP contribution in [0.2, 0.25) is 5.02 Å². The molecule has 0 spiro atoms. The van der Waals surface area contributed by atoms with Crippen molar-refractivity contribution in [2.45, 2.75) is 13.8 Å². The standard InChI is InChI=1S/C16H17ClN4O/c1-3-20(11-12(2)10-18)16(22)14-8-9-21(19-14)15-7-5-4-6-13(15)17/h4-9,12H,3,11H2,1-2H3/t12-/m1/s1. The van der Waals surface area contributed by atoms with Gasteiger partial charge in [0.2, 0.25) is 0 Å². The van der Waals surface area contributed by atoms with Crippen LogP contribution in [0.4, 0.5) is 0 Å². The van der Waals surface area contributed by atoms with E-state index in [0.29, 0.717) is 23.8 Å². The summed E-state index contributed by atoms with van der Waals surface area (Å²) in [4.78, 5) is 14.1. The summed E-state index contributed by atoms with van der Waals surface area (Å²) in [6.07, 6.45) is 1.70. The second kappa shape index (κ2) is 7.10. The molecule has 114 valence electrons. The van der Waals surface area contributed by atoms with Crippen LogP contribution in [0.1, 0.15) is 24.3 Å². The summed E-state index contributed by atoms with van der Waals surface area (Å²) in [6.45, 7) is 4.60. The number of halogens is 1. The molecule has 0 saturated carbocycles. The van der Waals surface area contributed by atoms with Gasteiger partial charge in [0.25, 0.3) is 5.91 Å². The molecule has 22 heavy (non-hydrogen) atoms. The Bertz CT molecular complexity index is 704. The number of hydrogen-bond acceptors (Lipinski definition) is 3. The van der Waals surface area contributed by atoms with Crippen LogP contribution in [0.25, 0.3) is 5.69 Å². The van der Waals surface area contributed by atoms with E-state index in [1.54, 1.807) is 34.8 Å². The summed E-state index contributed by atoms with van der Waals surface area (Å²) >= 11 is 6.13. The molecule has 6 heteroatoms. The summed E-state index contributed by atoms with van der Waals surface area (Å²) in [5.74, 6) is -0.398. The first kappa shape index (κ1) is 16.1. The first-order valence-corrected chi connectivity index (χ1v) is 7.44. The van der Waals surface area contributed by atoms with Crippen LogP contribution in [0, 0.1) is 17.2 Å². The highest BCUT2D eigenvalue weighted by Crippen LogP contribution is 2.19. The number of amides is 1. The van der Waals surface area contributed by atoms with Gasteiger partial charge in [0.05, 0.1) is 22.7 Å². The summed E-state index contributed by atoms with van der Waals surface area (Å²) < 4.78 is 1.58. The zero-order chi connectivity index (χ0) is 16.1. The van der Waals surface area contributed by atoms with E-state index in [4.69, 9.17) is 16.9 Å². The van der Waals surface area contributed by atoms with E-state index >= 15 is 0 Å². The predicted octanol–water partition coefficient (Wildman–Crippen LogP) is 3.15. The lowest BCUT2D eigenvalue weighted by atomic mass is 10.2. The smallest absolute Gasteiger partial charge is 0.274 e. The highest BCUT2D eigenvalue weighted by Gasteiger charge is 2.19. The van der Waals surface area contributed by atoms with Gasteiger partial charge in [-0.3, -0.25) is 4.79 Å². The number of nitriles is 1. The van der Waals surface area contributed by atoms with Gasteiger partial charge in [-0.2, -0.15) is 10.4 Å². The number of nitrogens with zero attached hydrogens (tertiary/aromatic N) is 4. The maximum atomic E-state index is 12.5. The lowest BCUT2D eigenvalue weighted by molar-refractivity contribution is 0.0746. The number of carbonyl (C=O) groups excluding carboxylic acids is 1. The Balaban J connectivity index is 2.22. The number of hydrogen-bond donors (Lipinski definition) is 0. The van der Waals surface area contributed by atoms with Crippen molar-refractivity contribution in [3.8, 4) is 11.8 Å². The molecule has 2 aromatic rings. The molecule has 1 atom stereocenters. The second-order valence-electron chi connectivity index (χ2n) is 4.97. The molecule has 1 aromatic carbocycles. The maximum Gasteiger partial charge on any atom is 0.274 e. The third-order valence-electron chi connectivity index (χ3n) is 3.29. The molecule has 1 aromatic heterocycles. The number of carbonyl (C=O) groups is 1. The molecule has 0 fully saturated rings. The van der Waals surface area contributed by atoms with E-state index < -0.39 is 0 Å². The van der Waals surface area contributed by atoms with Crippen molar-refractivity contribution in [2.75, 3.05) is 13.1 Å². The van der Waals surface area contributed by atoms with E-state index in [1.807, 2.05) is 25.1 Å². The van der Waals surface area contributed by atoms with Gasteiger partial charge in [-0.25, -0.2) is 4.68 Å². The average Bonchev–Trinajstić information content (AvgIpc) is 3.01. The molecule has 0 aliphatic rings. The van der Waals surface area contributed by atoms with Gasteiger partial charge in [0.15, 0.2) is 5.69 Å². The van der Waals surface area contributed by atoms with Gasteiger partial charge >= 0.3 is 0 Å². The minimum atomic E-state index is -0.213. The Morgan fingerprint density at radius 2 is 2.18 bits per heavy atom. The Morgan fingerprint density at radius 1 is 1.45 bits per heavy atom. The van der Waals surface area contributed by atoms with Crippen molar-refractivity contribution in [3.63, 3.8) is 0 Å².